The Bertz CT molecular complexity index is 183. The molecule has 1 rings (SSSR count). The van der Waals surface area contributed by atoms with E-state index in [1.54, 1.807) is 0 Å². The fourth-order valence-corrected chi connectivity index (χ4v) is 3.20. The van der Waals surface area contributed by atoms with Gasteiger partial charge in [-0.15, -0.1) is 0 Å². The van der Waals surface area contributed by atoms with E-state index in [9.17, 15) is 0 Å². The van der Waals surface area contributed by atoms with Gasteiger partial charge in [-0.1, -0.05) is 34.1 Å². The fourth-order valence-electron chi connectivity index (χ4n) is 3.20. The van der Waals surface area contributed by atoms with Crippen molar-refractivity contribution in [3.8, 4) is 0 Å². The zero-order valence-electron chi connectivity index (χ0n) is 12.3. The van der Waals surface area contributed by atoms with Crippen LogP contribution in [0.1, 0.15) is 53.4 Å². The van der Waals surface area contributed by atoms with Gasteiger partial charge in [0.25, 0.3) is 0 Å². The molecule has 1 aliphatic heterocycles. The van der Waals surface area contributed by atoms with E-state index < -0.39 is 0 Å². The number of hydrogen-bond donors (Lipinski definition) is 1. The van der Waals surface area contributed by atoms with E-state index in [1.807, 2.05) is 0 Å². The summed E-state index contributed by atoms with van der Waals surface area (Å²) in [4.78, 5) is 2.74. The SMILES string of the molecule is CCCNCC(CCC)N1CC(C)CC(C)C1. The zero-order valence-corrected chi connectivity index (χ0v) is 12.3. The monoisotopic (exact) mass is 240 g/mol. The number of hydrogen-bond acceptors (Lipinski definition) is 2. The minimum atomic E-state index is 0.761. The molecule has 3 unspecified atom stereocenters. The van der Waals surface area contributed by atoms with Gasteiger partial charge in [-0.05, 0) is 37.6 Å². The van der Waals surface area contributed by atoms with Gasteiger partial charge < -0.3 is 5.32 Å². The van der Waals surface area contributed by atoms with Gasteiger partial charge in [0.2, 0.25) is 0 Å². The molecule has 1 saturated heterocycles. The standard InChI is InChI=1S/C15H32N2/c1-5-7-15(10-16-8-6-2)17-11-13(3)9-14(4)12-17/h13-16H,5-12H2,1-4H3. The smallest absolute Gasteiger partial charge is 0.0220 e. The van der Waals surface area contributed by atoms with Crippen molar-refractivity contribution < 1.29 is 0 Å². The molecule has 1 aliphatic rings. The molecule has 0 bridgehead atoms. The number of rotatable bonds is 7. The largest absolute Gasteiger partial charge is 0.315 e. The maximum atomic E-state index is 3.61. The van der Waals surface area contributed by atoms with Gasteiger partial charge in [-0.25, -0.2) is 0 Å². The molecule has 3 atom stereocenters. The molecule has 17 heavy (non-hydrogen) atoms. The molecule has 0 aromatic rings. The highest BCUT2D eigenvalue weighted by atomic mass is 15.2. The van der Waals surface area contributed by atoms with Gasteiger partial charge in [0.1, 0.15) is 0 Å². The highest BCUT2D eigenvalue weighted by Crippen LogP contribution is 2.23. The van der Waals surface area contributed by atoms with Crippen molar-refractivity contribution in [2.75, 3.05) is 26.2 Å². The van der Waals surface area contributed by atoms with Crippen molar-refractivity contribution in [1.82, 2.24) is 10.2 Å². The van der Waals surface area contributed by atoms with Crippen molar-refractivity contribution in [1.29, 1.82) is 0 Å². The summed E-state index contributed by atoms with van der Waals surface area (Å²) in [5.41, 5.74) is 0. The van der Waals surface area contributed by atoms with Crippen molar-refractivity contribution in [2.45, 2.75) is 59.4 Å². The molecule has 1 heterocycles. The lowest BCUT2D eigenvalue weighted by Crippen LogP contribution is -2.49. The summed E-state index contributed by atoms with van der Waals surface area (Å²) in [6.45, 7) is 14.3. The molecular formula is C15H32N2. The lowest BCUT2D eigenvalue weighted by molar-refractivity contribution is 0.0896. The molecule has 0 aromatic heterocycles. The normalized spacial score (nSPS) is 28.2. The molecule has 0 aromatic carbocycles. The maximum absolute atomic E-state index is 3.61. The van der Waals surface area contributed by atoms with E-state index in [0.29, 0.717) is 0 Å². The first-order valence-corrected chi connectivity index (χ1v) is 7.62. The molecule has 0 amide bonds. The second-order valence-corrected chi connectivity index (χ2v) is 6.05. The second kappa shape index (κ2) is 8.10. The zero-order chi connectivity index (χ0) is 12.7. The average Bonchev–Trinajstić information content (AvgIpc) is 2.27. The van der Waals surface area contributed by atoms with Crippen LogP contribution in [0.4, 0.5) is 0 Å². The molecular weight excluding hydrogens is 208 g/mol. The second-order valence-electron chi connectivity index (χ2n) is 6.05. The summed E-state index contributed by atoms with van der Waals surface area (Å²) in [6.07, 6.45) is 5.30. The van der Waals surface area contributed by atoms with Crippen LogP contribution in [0.2, 0.25) is 0 Å². The number of nitrogens with zero attached hydrogens (tertiary/aromatic N) is 1. The van der Waals surface area contributed by atoms with Crippen LogP contribution in [-0.2, 0) is 0 Å². The van der Waals surface area contributed by atoms with Crippen LogP contribution in [0.5, 0.6) is 0 Å². The minimum Gasteiger partial charge on any atom is -0.315 e. The molecule has 102 valence electrons. The Morgan fingerprint density at radius 1 is 1.12 bits per heavy atom. The molecule has 2 heteroatoms. The van der Waals surface area contributed by atoms with Crippen molar-refractivity contribution in [3.05, 3.63) is 0 Å². The van der Waals surface area contributed by atoms with Gasteiger partial charge in [-0.3, -0.25) is 4.90 Å². The van der Waals surface area contributed by atoms with Crippen LogP contribution in [0, 0.1) is 11.8 Å². The Balaban J connectivity index is 2.43. The van der Waals surface area contributed by atoms with Crippen molar-refractivity contribution in [2.24, 2.45) is 11.8 Å². The lowest BCUT2D eigenvalue weighted by atomic mass is 9.90. The predicted octanol–water partition coefficient (Wildman–Crippen LogP) is 3.13. The lowest BCUT2D eigenvalue weighted by Gasteiger charge is -2.40. The summed E-state index contributed by atoms with van der Waals surface area (Å²) in [5.74, 6) is 1.76. The molecule has 0 radical (unpaired) electrons. The summed E-state index contributed by atoms with van der Waals surface area (Å²) in [7, 11) is 0. The fraction of sp³-hybridized carbons (Fsp3) is 1.00. The van der Waals surface area contributed by atoms with E-state index in [1.165, 1.54) is 51.9 Å². The predicted molar refractivity (Wildman–Crippen MR) is 76.4 cm³/mol. The maximum Gasteiger partial charge on any atom is 0.0220 e. The van der Waals surface area contributed by atoms with Crippen LogP contribution in [0.25, 0.3) is 0 Å². The summed E-state index contributed by atoms with van der Waals surface area (Å²) in [6, 6.07) is 0.761. The molecule has 0 saturated carbocycles. The Kier molecular flexibility index (Phi) is 7.14. The van der Waals surface area contributed by atoms with Gasteiger partial charge in [0.05, 0.1) is 0 Å². The van der Waals surface area contributed by atoms with E-state index in [4.69, 9.17) is 0 Å². The average molecular weight is 240 g/mol. The van der Waals surface area contributed by atoms with Gasteiger partial charge >= 0.3 is 0 Å². The summed E-state index contributed by atoms with van der Waals surface area (Å²) < 4.78 is 0. The number of piperidine rings is 1. The first-order valence-electron chi connectivity index (χ1n) is 7.62. The third kappa shape index (κ3) is 5.39. The Hall–Kier alpha value is -0.0800. The van der Waals surface area contributed by atoms with Crippen molar-refractivity contribution >= 4 is 0 Å². The van der Waals surface area contributed by atoms with E-state index in [2.05, 4.69) is 37.9 Å². The first-order chi connectivity index (χ1) is 8.17. The third-order valence-electron chi connectivity index (χ3n) is 3.84. The molecule has 2 nitrogen and oxygen atoms in total. The first kappa shape index (κ1) is 15.0. The third-order valence-corrected chi connectivity index (χ3v) is 3.84. The summed E-state index contributed by atoms with van der Waals surface area (Å²) >= 11 is 0. The molecule has 0 spiro atoms. The van der Waals surface area contributed by atoms with Crippen LogP contribution in [0.15, 0.2) is 0 Å². The van der Waals surface area contributed by atoms with E-state index in [-0.39, 0.29) is 0 Å². The van der Waals surface area contributed by atoms with E-state index in [0.717, 1.165) is 17.9 Å². The highest BCUT2D eigenvalue weighted by molar-refractivity contribution is 4.81. The molecule has 1 N–H and O–H groups in total. The van der Waals surface area contributed by atoms with Crippen molar-refractivity contribution in [3.63, 3.8) is 0 Å². The quantitative estimate of drug-likeness (QED) is 0.688. The number of nitrogens with one attached hydrogen (secondary N) is 1. The Labute approximate surface area is 108 Å². The Morgan fingerprint density at radius 2 is 1.76 bits per heavy atom. The highest BCUT2D eigenvalue weighted by Gasteiger charge is 2.26. The number of likely N-dealkylation sites (tertiary alicyclic amines) is 1. The van der Waals surface area contributed by atoms with E-state index >= 15 is 0 Å². The molecule has 1 fully saturated rings. The van der Waals surface area contributed by atoms with Crippen LogP contribution < -0.4 is 5.32 Å². The minimum absolute atomic E-state index is 0.761. The van der Waals surface area contributed by atoms with Crippen LogP contribution >= 0.6 is 0 Å². The van der Waals surface area contributed by atoms with Gasteiger partial charge in [-0.2, -0.15) is 0 Å². The van der Waals surface area contributed by atoms with Crippen LogP contribution in [-0.4, -0.2) is 37.1 Å². The Morgan fingerprint density at radius 3 is 2.29 bits per heavy atom. The van der Waals surface area contributed by atoms with Gasteiger partial charge in [0, 0.05) is 25.7 Å². The topological polar surface area (TPSA) is 15.3 Å². The molecule has 0 aliphatic carbocycles. The van der Waals surface area contributed by atoms with Gasteiger partial charge in [0.15, 0.2) is 0 Å². The summed E-state index contributed by atoms with van der Waals surface area (Å²) in [5, 5.41) is 3.61. The van der Waals surface area contributed by atoms with Crippen LogP contribution in [0.3, 0.4) is 0 Å².